The normalized spacial score (nSPS) is 22.1. The van der Waals surface area contributed by atoms with E-state index in [1.807, 2.05) is 6.92 Å². The van der Waals surface area contributed by atoms with Gasteiger partial charge in [0.1, 0.15) is 24.1 Å². The summed E-state index contributed by atoms with van der Waals surface area (Å²) >= 11 is 0. The van der Waals surface area contributed by atoms with Crippen molar-refractivity contribution in [3.63, 3.8) is 0 Å². The monoisotopic (exact) mass is 452 g/mol. The Hall–Kier alpha value is -3.37. The van der Waals surface area contributed by atoms with Crippen molar-refractivity contribution in [2.24, 2.45) is 0 Å². The van der Waals surface area contributed by atoms with E-state index in [2.05, 4.69) is 25.7 Å². The second-order valence-corrected chi connectivity index (χ2v) is 8.48. The zero-order chi connectivity index (χ0) is 22.9. The van der Waals surface area contributed by atoms with Crippen molar-refractivity contribution in [2.45, 2.75) is 44.9 Å². The van der Waals surface area contributed by atoms with E-state index in [0.717, 1.165) is 12.8 Å². The molecule has 9 nitrogen and oxygen atoms in total. The van der Waals surface area contributed by atoms with Gasteiger partial charge in [-0.1, -0.05) is 0 Å². The number of hydrogen-bond acceptors (Lipinski definition) is 8. The van der Waals surface area contributed by atoms with Gasteiger partial charge < -0.3 is 20.1 Å². The first-order chi connectivity index (χ1) is 16.0. The van der Waals surface area contributed by atoms with E-state index in [-0.39, 0.29) is 29.4 Å². The molecular formula is C23H25FN6O3. The highest BCUT2D eigenvalue weighted by Gasteiger charge is 2.33. The number of halogens is 1. The van der Waals surface area contributed by atoms with Gasteiger partial charge in [-0.15, -0.1) is 0 Å². The number of anilines is 2. The zero-order valence-electron chi connectivity index (χ0n) is 18.4. The molecule has 2 bridgehead atoms. The van der Waals surface area contributed by atoms with E-state index >= 15 is 0 Å². The highest BCUT2D eigenvalue weighted by Crippen LogP contribution is 2.29. The average molecular weight is 452 g/mol. The lowest BCUT2D eigenvalue weighted by Gasteiger charge is -2.39. The van der Waals surface area contributed by atoms with Gasteiger partial charge in [0.25, 0.3) is 5.56 Å². The second-order valence-electron chi connectivity index (χ2n) is 8.48. The molecule has 0 spiro atoms. The van der Waals surface area contributed by atoms with E-state index in [9.17, 15) is 9.18 Å². The number of hydrogen-bond donors (Lipinski definition) is 2. The van der Waals surface area contributed by atoms with E-state index in [0.29, 0.717) is 41.9 Å². The Morgan fingerprint density at radius 3 is 2.70 bits per heavy atom. The standard InChI is InChI=1S/C23H25FN6O3/c1-13-3-6-21(31)30(29-13)17-4-5-20(19(24)9-17)28-22-14(2)23(26-12-25-22)33-18-7-15-10-32-11-16(8-18)27-15/h3-6,9,12,15-16,18,27H,7-8,10-11H2,1-2H3,(H,25,26,28). The summed E-state index contributed by atoms with van der Waals surface area (Å²) in [6.45, 7) is 4.98. The Kier molecular flexibility index (Phi) is 5.77. The molecular weight excluding hydrogens is 427 g/mol. The van der Waals surface area contributed by atoms with Crippen LogP contribution in [0, 0.1) is 19.7 Å². The quantitative estimate of drug-likeness (QED) is 0.609. The number of benzene rings is 1. The fraction of sp³-hybridized carbons (Fsp3) is 0.391. The highest BCUT2D eigenvalue weighted by molar-refractivity contribution is 5.62. The summed E-state index contributed by atoms with van der Waals surface area (Å²) in [5.41, 5.74) is 1.59. The Morgan fingerprint density at radius 2 is 1.94 bits per heavy atom. The van der Waals surface area contributed by atoms with E-state index in [4.69, 9.17) is 9.47 Å². The molecule has 2 aromatic heterocycles. The van der Waals surface area contributed by atoms with Crippen LogP contribution in [0.3, 0.4) is 0 Å². The van der Waals surface area contributed by atoms with Crippen LogP contribution >= 0.6 is 0 Å². The van der Waals surface area contributed by atoms with Crippen LogP contribution in [-0.4, -0.2) is 51.1 Å². The fourth-order valence-electron chi connectivity index (χ4n) is 4.27. The fourth-order valence-corrected chi connectivity index (χ4v) is 4.27. The van der Waals surface area contributed by atoms with Crippen LogP contribution in [0.5, 0.6) is 5.88 Å². The molecule has 5 rings (SSSR count). The summed E-state index contributed by atoms with van der Waals surface area (Å²) in [5, 5.41) is 10.7. The third kappa shape index (κ3) is 4.57. The van der Waals surface area contributed by atoms with Crippen LogP contribution in [0.15, 0.2) is 41.5 Å². The summed E-state index contributed by atoms with van der Waals surface area (Å²) in [5.74, 6) is 0.398. The molecule has 1 aromatic carbocycles. The number of fused-ring (bicyclic) bond motifs is 2. The van der Waals surface area contributed by atoms with Crippen LogP contribution in [0.4, 0.5) is 15.9 Å². The molecule has 4 heterocycles. The van der Waals surface area contributed by atoms with Crippen molar-refractivity contribution in [1.82, 2.24) is 25.1 Å². The van der Waals surface area contributed by atoms with Crippen molar-refractivity contribution < 1.29 is 13.9 Å². The maximum atomic E-state index is 14.9. The molecule has 2 atom stereocenters. The van der Waals surface area contributed by atoms with Gasteiger partial charge in [0.15, 0.2) is 0 Å². The zero-order valence-corrected chi connectivity index (χ0v) is 18.4. The minimum absolute atomic E-state index is 0.0303. The lowest BCUT2D eigenvalue weighted by Crippen LogP contribution is -2.56. The molecule has 2 unspecified atom stereocenters. The molecule has 2 aliphatic rings. The van der Waals surface area contributed by atoms with Crippen molar-refractivity contribution >= 4 is 11.5 Å². The number of morpholine rings is 1. The average Bonchev–Trinajstić information content (AvgIpc) is 2.79. The van der Waals surface area contributed by atoms with Gasteiger partial charge in [-0.3, -0.25) is 4.79 Å². The van der Waals surface area contributed by atoms with Crippen molar-refractivity contribution in [3.05, 3.63) is 64.1 Å². The number of ether oxygens (including phenoxy) is 2. The summed E-state index contributed by atoms with van der Waals surface area (Å²) in [6.07, 6.45) is 3.11. The highest BCUT2D eigenvalue weighted by atomic mass is 19.1. The van der Waals surface area contributed by atoms with Crippen molar-refractivity contribution in [1.29, 1.82) is 0 Å². The first kappa shape index (κ1) is 21.5. The van der Waals surface area contributed by atoms with Crippen LogP contribution in [0.2, 0.25) is 0 Å². The van der Waals surface area contributed by atoms with Gasteiger partial charge >= 0.3 is 0 Å². The maximum absolute atomic E-state index is 14.9. The molecule has 0 aliphatic carbocycles. The van der Waals surface area contributed by atoms with Gasteiger partial charge in [0.2, 0.25) is 5.88 Å². The van der Waals surface area contributed by atoms with Crippen molar-refractivity contribution in [2.75, 3.05) is 18.5 Å². The molecule has 10 heteroatoms. The van der Waals surface area contributed by atoms with E-state index in [1.54, 1.807) is 25.1 Å². The topological polar surface area (TPSA) is 103 Å². The lowest BCUT2D eigenvalue weighted by atomic mass is 9.95. The molecule has 2 aliphatic heterocycles. The summed E-state index contributed by atoms with van der Waals surface area (Å²) in [4.78, 5) is 20.6. The smallest absolute Gasteiger partial charge is 0.271 e. The molecule has 172 valence electrons. The molecule has 2 N–H and O–H groups in total. The minimum atomic E-state index is -0.533. The van der Waals surface area contributed by atoms with Crippen LogP contribution < -0.4 is 20.9 Å². The molecule has 3 aromatic rings. The predicted octanol–water partition coefficient (Wildman–Crippen LogP) is 2.42. The Labute approximate surface area is 190 Å². The number of nitrogens with one attached hydrogen (secondary N) is 2. The largest absolute Gasteiger partial charge is 0.474 e. The lowest BCUT2D eigenvalue weighted by molar-refractivity contribution is -0.0134. The first-order valence-corrected chi connectivity index (χ1v) is 10.9. The maximum Gasteiger partial charge on any atom is 0.271 e. The second kappa shape index (κ2) is 8.87. The molecule has 0 amide bonds. The first-order valence-electron chi connectivity index (χ1n) is 10.9. The molecule has 2 fully saturated rings. The third-order valence-corrected chi connectivity index (χ3v) is 5.90. The van der Waals surface area contributed by atoms with Gasteiger partial charge in [0, 0.05) is 37.1 Å². The number of nitrogens with zero attached hydrogens (tertiary/aromatic N) is 4. The van der Waals surface area contributed by atoms with Crippen LogP contribution in [0.25, 0.3) is 5.69 Å². The summed E-state index contributed by atoms with van der Waals surface area (Å²) in [6, 6.07) is 8.03. The predicted molar refractivity (Wildman–Crippen MR) is 120 cm³/mol. The SMILES string of the molecule is Cc1ccc(=O)n(-c2ccc(Nc3ncnc(OC4CC5COCC(C4)N5)c3C)c(F)c2)n1. The van der Waals surface area contributed by atoms with Crippen LogP contribution in [0.1, 0.15) is 24.1 Å². The number of piperidine rings is 1. The number of rotatable bonds is 5. The molecule has 0 saturated carbocycles. The Morgan fingerprint density at radius 1 is 1.15 bits per heavy atom. The molecule has 33 heavy (non-hydrogen) atoms. The van der Waals surface area contributed by atoms with E-state index in [1.165, 1.54) is 23.1 Å². The van der Waals surface area contributed by atoms with Gasteiger partial charge in [-0.05, 0) is 32.0 Å². The van der Waals surface area contributed by atoms with Gasteiger partial charge in [-0.25, -0.2) is 14.4 Å². The van der Waals surface area contributed by atoms with Gasteiger partial charge in [0.05, 0.1) is 35.8 Å². The number of aromatic nitrogens is 4. The third-order valence-electron chi connectivity index (χ3n) is 5.90. The van der Waals surface area contributed by atoms with Crippen LogP contribution in [-0.2, 0) is 4.74 Å². The molecule has 0 radical (unpaired) electrons. The summed E-state index contributed by atoms with van der Waals surface area (Å²) < 4.78 is 27.9. The Balaban J connectivity index is 1.34. The number of aryl methyl sites for hydroxylation is 1. The van der Waals surface area contributed by atoms with E-state index < -0.39 is 5.82 Å². The minimum Gasteiger partial charge on any atom is -0.474 e. The van der Waals surface area contributed by atoms with Gasteiger partial charge in [-0.2, -0.15) is 9.78 Å². The van der Waals surface area contributed by atoms with Crippen molar-refractivity contribution in [3.8, 4) is 11.6 Å². The Bertz CT molecular complexity index is 1220. The molecule has 2 saturated heterocycles. The summed E-state index contributed by atoms with van der Waals surface area (Å²) in [7, 11) is 0.